The minimum absolute atomic E-state index is 0.00789. The van der Waals surface area contributed by atoms with Gasteiger partial charge in [0.05, 0.1) is 50.4 Å². The molecule has 1 amide bonds. The number of hydrogen-bond donors (Lipinski definition) is 2. The van der Waals surface area contributed by atoms with Crippen molar-refractivity contribution >= 4 is 39.6 Å². The van der Waals surface area contributed by atoms with Crippen molar-refractivity contribution in [3.8, 4) is 29.1 Å². The van der Waals surface area contributed by atoms with Crippen LogP contribution in [0.25, 0.3) is 16.6 Å². The molecule has 2 aromatic carbocycles. The van der Waals surface area contributed by atoms with Gasteiger partial charge in [-0.2, -0.15) is 10.4 Å². The van der Waals surface area contributed by atoms with E-state index in [4.69, 9.17) is 18.9 Å². The van der Waals surface area contributed by atoms with Crippen LogP contribution in [0.4, 0.5) is 17.2 Å². The number of anilines is 3. The Hall–Kier alpha value is -5.82. The third-order valence-corrected chi connectivity index (χ3v) is 9.56. The van der Waals surface area contributed by atoms with Crippen LogP contribution < -0.4 is 24.8 Å². The van der Waals surface area contributed by atoms with Crippen molar-refractivity contribution in [3.05, 3.63) is 72.5 Å². The Morgan fingerprint density at radius 1 is 0.981 bits per heavy atom. The quantitative estimate of drug-likeness (QED) is 0.144. The standard InChI is InChI=1S/C37H40N10O5/c1-23-12-29(33(50-5)16-31(23)52-26-6-7-47-34(13-26)40-22-42-47)43-35-27-14-30(32(49-4)15-28(27)39-21-41-35)44-36(48)24(18-38)17-37(2,3)46-10-8-45(9-11-46)25-19-51-20-25/h6-7,12-17,21-22,25H,8-11,19-20H2,1-5H3,(H,44,48)(H,39,41,43)/b24-17-. The SMILES string of the molecule is COc1cc2ncnc(Nc3cc(C)c(Oc4ccn5ncnc5c4)cc3OC)c2cc1NC(=O)/C(C#N)=C\C(C)(C)N1CCN(C2COC2)CC1. The first-order valence-electron chi connectivity index (χ1n) is 16.9. The number of amides is 1. The Morgan fingerprint density at radius 2 is 1.75 bits per heavy atom. The monoisotopic (exact) mass is 704 g/mol. The lowest BCUT2D eigenvalue weighted by Crippen LogP contribution is -2.59. The molecule has 2 fully saturated rings. The number of aromatic nitrogens is 5. The van der Waals surface area contributed by atoms with Gasteiger partial charge in [-0.15, -0.1) is 0 Å². The molecule has 268 valence electrons. The van der Waals surface area contributed by atoms with Crippen molar-refractivity contribution in [1.29, 1.82) is 5.26 Å². The molecule has 7 rings (SSSR count). The van der Waals surface area contributed by atoms with E-state index >= 15 is 0 Å². The van der Waals surface area contributed by atoms with E-state index in [1.807, 2.05) is 32.9 Å². The number of rotatable bonds is 11. The maximum Gasteiger partial charge on any atom is 0.266 e. The molecule has 0 spiro atoms. The number of nitrogens with zero attached hydrogens (tertiary/aromatic N) is 8. The van der Waals surface area contributed by atoms with Crippen molar-refractivity contribution in [2.24, 2.45) is 0 Å². The molecule has 2 N–H and O–H groups in total. The second-order valence-corrected chi connectivity index (χ2v) is 13.3. The van der Waals surface area contributed by atoms with Crippen LogP contribution >= 0.6 is 0 Å². The minimum Gasteiger partial charge on any atom is -0.494 e. The molecule has 15 nitrogen and oxygen atoms in total. The van der Waals surface area contributed by atoms with Crippen molar-refractivity contribution < 1.29 is 23.7 Å². The average molecular weight is 705 g/mol. The molecule has 0 radical (unpaired) electrons. The molecule has 2 aliphatic heterocycles. The Labute approximate surface area is 300 Å². The fourth-order valence-corrected chi connectivity index (χ4v) is 6.49. The highest BCUT2D eigenvalue weighted by Gasteiger charge is 2.34. The predicted octanol–water partition coefficient (Wildman–Crippen LogP) is 4.72. The van der Waals surface area contributed by atoms with Crippen LogP contribution in [0, 0.1) is 18.3 Å². The average Bonchev–Trinajstić information content (AvgIpc) is 3.59. The molecule has 52 heavy (non-hydrogen) atoms. The molecule has 0 atom stereocenters. The zero-order valence-corrected chi connectivity index (χ0v) is 29.7. The second-order valence-electron chi connectivity index (χ2n) is 13.3. The highest BCUT2D eigenvalue weighted by Crippen LogP contribution is 2.39. The lowest BCUT2D eigenvalue weighted by Gasteiger charge is -2.46. The fraction of sp³-hybridized carbons (Fsp3) is 0.351. The van der Waals surface area contributed by atoms with E-state index in [0.717, 1.165) is 45.0 Å². The number of pyridine rings is 1. The van der Waals surface area contributed by atoms with E-state index in [0.29, 0.717) is 62.8 Å². The van der Waals surface area contributed by atoms with Crippen LogP contribution in [0.1, 0.15) is 19.4 Å². The van der Waals surface area contributed by atoms with Crippen LogP contribution in [-0.2, 0) is 9.53 Å². The van der Waals surface area contributed by atoms with E-state index in [9.17, 15) is 10.1 Å². The maximum absolute atomic E-state index is 13.6. The van der Waals surface area contributed by atoms with E-state index in [1.54, 1.807) is 48.2 Å². The zero-order valence-electron chi connectivity index (χ0n) is 29.7. The number of aryl methyl sites for hydroxylation is 1. The third kappa shape index (κ3) is 7.04. The summed E-state index contributed by atoms with van der Waals surface area (Å²) in [7, 11) is 3.09. The molecule has 0 bridgehead atoms. The zero-order chi connectivity index (χ0) is 36.4. The van der Waals surface area contributed by atoms with Gasteiger partial charge in [-0.05, 0) is 50.6 Å². The Morgan fingerprint density at radius 3 is 2.46 bits per heavy atom. The van der Waals surface area contributed by atoms with Crippen LogP contribution in [0.5, 0.6) is 23.0 Å². The van der Waals surface area contributed by atoms with E-state index in [2.05, 4.69) is 46.6 Å². The maximum atomic E-state index is 13.6. The number of fused-ring (bicyclic) bond motifs is 2. The van der Waals surface area contributed by atoms with Crippen LogP contribution in [0.2, 0.25) is 0 Å². The van der Waals surface area contributed by atoms with Gasteiger partial charge in [0.15, 0.2) is 5.65 Å². The van der Waals surface area contributed by atoms with Gasteiger partial charge < -0.3 is 29.6 Å². The minimum atomic E-state index is -0.541. The van der Waals surface area contributed by atoms with Gasteiger partial charge in [0.2, 0.25) is 0 Å². The molecule has 5 heterocycles. The third-order valence-electron chi connectivity index (χ3n) is 9.56. The molecule has 0 saturated carbocycles. The lowest BCUT2D eigenvalue weighted by atomic mass is 9.97. The van der Waals surface area contributed by atoms with Gasteiger partial charge in [0, 0.05) is 61.5 Å². The fourth-order valence-electron chi connectivity index (χ4n) is 6.49. The number of piperazine rings is 1. The van der Waals surface area contributed by atoms with Crippen molar-refractivity contribution in [1.82, 2.24) is 34.4 Å². The molecule has 2 saturated heterocycles. The van der Waals surface area contributed by atoms with Gasteiger partial charge in [-0.1, -0.05) is 0 Å². The molecule has 3 aromatic heterocycles. The number of nitriles is 1. The molecule has 5 aromatic rings. The number of hydrogen-bond acceptors (Lipinski definition) is 13. The Bertz CT molecular complexity index is 2200. The summed E-state index contributed by atoms with van der Waals surface area (Å²) in [4.78, 5) is 31.5. The van der Waals surface area contributed by atoms with Crippen LogP contribution in [0.15, 0.2) is 66.9 Å². The van der Waals surface area contributed by atoms with Gasteiger partial charge in [0.25, 0.3) is 5.91 Å². The summed E-state index contributed by atoms with van der Waals surface area (Å²) in [5.74, 6) is 2.04. The van der Waals surface area contributed by atoms with Crippen LogP contribution in [0.3, 0.4) is 0 Å². The first kappa shape index (κ1) is 34.6. The van der Waals surface area contributed by atoms with E-state index in [-0.39, 0.29) is 5.57 Å². The van der Waals surface area contributed by atoms with Crippen molar-refractivity contribution in [2.45, 2.75) is 32.4 Å². The van der Waals surface area contributed by atoms with Gasteiger partial charge in [0.1, 0.15) is 53.1 Å². The highest BCUT2D eigenvalue weighted by atomic mass is 16.5. The van der Waals surface area contributed by atoms with Gasteiger partial charge in [-0.25, -0.2) is 19.5 Å². The number of carbonyl (C=O) groups is 1. The van der Waals surface area contributed by atoms with Gasteiger partial charge in [-0.3, -0.25) is 14.6 Å². The summed E-state index contributed by atoms with van der Waals surface area (Å²) >= 11 is 0. The van der Waals surface area contributed by atoms with Crippen LogP contribution in [-0.4, -0.2) is 105 Å². The summed E-state index contributed by atoms with van der Waals surface area (Å²) in [6, 6.07) is 13.3. The number of nitrogens with one attached hydrogen (secondary N) is 2. The number of methoxy groups -OCH3 is 2. The molecular weight excluding hydrogens is 664 g/mol. The number of benzene rings is 2. The second kappa shape index (κ2) is 14.4. The summed E-state index contributed by atoms with van der Waals surface area (Å²) in [5.41, 5.74) is 2.57. The molecular formula is C37H40N10O5. The lowest BCUT2D eigenvalue weighted by molar-refractivity contribution is -0.112. The Balaban J connectivity index is 1.12. The van der Waals surface area contributed by atoms with Crippen molar-refractivity contribution in [3.63, 3.8) is 0 Å². The summed E-state index contributed by atoms with van der Waals surface area (Å²) in [6.07, 6.45) is 6.44. The Kier molecular flexibility index (Phi) is 9.61. The molecule has 2 aliphatic rings. The summed E-state index contributed by atoms with van der Waals surface area (Å²) in [6.45, 7) is 11.0. The van der Waals surface area contributed by atoms with E-state index < -0.39 is 11.4 Å². The smallest absolute Gasteiger partial charge is 0.266 e. The summed E-state index contributed by atoms with van der Waals surface area (Å²) in [5, 5.41) is 21.1. The highest BCUT2D eigenvalue weighted by molar-refractivity contribution is 6.09. The normalized spacial score (nSPS) is 16.0. The van der Waals surface area contributed by atoms with E-state index in [1.165, 1.54) is 19.8 Å². The molecule has 15 heteroatoms. The van der Waals surface area contributed by atoms with Crippen molar-refractivity contribution in [2.75, 3.05) is 64.2 Å². The summed E-state index contributed by atoms with van der Waals surface area (Å²) < 4.78 is 24.6. The largest absolute Gasteiger partial charge is 0.494 e. The van der Waals surface area contributed by atoms with Gasteiger partial charge >= 0.3 is 0 Å². The number of ether oxygens (including phenoxy) is 4. The first-order chi connectivity index (χ1) is 25.1. The first-order valence-corrected chi connectivity index (χ1v) is 16.9. The molecule has 0 unspecified atom stereocenters. The topological polar surface area (TPSA) is 164 Å². The molecule has 0 aliphatic carbocycles. The predicted molar refractivity (Wildman–Crippen MR) is 194 cm³/mol. The number of carbonyl (C=O) groups excluding carboxylic acids is 1.